The van der Waals surface area contributed by atoms with Gasteiger partial charge in [0, 0.05) is 6.04 Å². The van der Waals surface area contributed by atoms with Gasteiger partial charge in [-0.2, -0.15) is 0 Å². The van der Waals surface area contributed by atoms with Crippen LogP contribution in [-0.2, 0) is 24.3 Å². The third-order valence-corrected chi connectivity index (χ3v) is 3.81. The molecule has 0 heterocycles. The first kappa shape index (κ1) is 14.9. The highest BCUT2D eigenvalue weighted by Gasteiger charge is 2.35. The molecule has 1 aliphatic rings. The number of hydrogen-bond donors (Lipinski definition) is 2. The first-order chi connectivity index (χ1) is 8.34. The minimum Gasteiger partial charge on any atom is -0.481 e. The van der Waals surface area contributed by atoms with E-state index in [0.717, 1.165) is 12.8 Å². The van der Waals surface area contributed by atoms with E-state index in [0.29, 0.717) is 0 Å². The lowest BCUT2D eigenvalue weighted by Crippen LogP contribution is -2.41. The summed E-state index contributed by atoms with van der Waals surface area (Å²) < 4.78 is 30.1. The summed E-state index contributed by atoms with van der Waals surface area (Å²) in [5.41, 5.74) is 0. The Morgan fingerprint density at radius 3 is 2.50 bits per heavy atom. The standard InChI is InChI=1S/C10H17NO6S/c1-2-17-10(14)6-18(15,16)11-8(5-9(12)13)7-3-4-7/h7-8,11H,2-6H2,1H3,(H,12,13). The van der Waals surface area contributed by atoms with E-state index in [9.17, 15) is 18.0 Å². The molecule has 0 saturated heterocycles. The molecule has 0 bridgehead atoms. The fourth-order valence-corrected chi connectivity index (χ4v) is 2.84. The molecule has 1 unspecified atom stereocenters. The number of ether oxygens (including phenoxy) is 1. The van der Waals surface area contributed by atoms with Gasteiger partial charge < -0.3 is 9.84 Å². The predicted octanol–water partition coefficient (Wildman–Crippen LogP) is -0.278. The zero-order valence-corrected chi connectivity index (χ0v) is 10.9. The first-order valence-corrected chi connectivity index (χ1v) is 7.36. The second kappa shape index (κ2) is 6.14. The smallest absolute Gasteiger partial charge is 0.322 e. The van der Waals surface area contributed by atoms with Crippen LogP contribution in [0, 0.1) is 5.92 Å². The van der Waals surface area contributed by atoms with Crippen molar-refractivity contribution < 1.29 is 27.9 Å². The molecule has 0 aromatic carbocycles. The Morgan fingerprint density at radius 1 is 1.44 bits per heavy atom. The molecule has 18 heavy (non-hydrogen) atoms. The topological polar surface area (TPSA) is 110 Å². The Morgan fingerprint density at radius 2 is 2.06 bits per heavy atom. The molecule has 0 amide bonds. The predicted molar refractivity (Wildman–Crippen MR) is 62.3 cm³/mol. The van der Waals surface area contributed by atoms with Gasteiger partial charge in [0.15, 0.2) is 5.75 Å². The van der Waals surface area contributed by atoms with Gasteiger partial charge in [-0.1, -0.05) is 0 Å². The summed E-state index contributed by atoms with van der Waals surface area (Å²) in [5.74, 6) is -2.62. The molecular formula is C10H17NO6S. The lowest BCUT2D eigenvalue weighted by Gasteiger charge is -2.15. The Labute approximate surface area is 106 Å². The molecular weight excluding hydrogens is 262 g/mol. The van der Waals surface area contributed by atoms with Crippen molar-refractivity contribution in [2.24, 2.45) is 5.92 Å². The number of carbonyl (C=O) groups is 2. The molecule has 1 aliphatic carbocycles. The van der Waals surface area contributed by atoms with Gasteiger partial charge >= 0.3 is 11.9 Å². The van der Waals surface area contributed by atoms with Crippen molar-refractivity contribution in [2.45, 2.75) is 32.2 Å². The van der Waals surface area contributed by atoms with Gasteiger partial charge in [-0.25, -0.2) is 13.1 Å². The molecule has 8 heteroatoms. The summed E-state index contributed by atoms with van der Waals surface area (Å²) in [7, 11) is -3.84. The maximum absolute atomic E-state index is 11.6. The van der Waals surface area contributed by atoms with Crippen LogP contribution in [0.15, 0.2) is 0 Å². The first-order valence-electron chi connectivity index (χ1n) is 5.71. The van der Waals surface area contributed by atoms with E-state index in [2.05, 4.69) is 9.46 Å². The Hall–Kier alpha value is -1.15. The molecule has 0 spiro atoms. The normalized spacial score (nSPS) is 17.2. The van der Waals surface area contributed by atoms with E-state index in [4.69, 9.17) is 5.11 Å². The van der Waals surface area contributed by atoms with Crippen LogP contribution in [0.2, 0.25) is 0 Å². The lowest BCUT2D eigenvalue weighted by atomic mass is 10.1. The fourth-order valence-electron chi connectivity index (χ4n) is 1.62. The number of sulfonamides is 1. The summed E-state index contributed by atoms with van der Waals surface area (Å²) in [6, 6.07) is -0.637. The number of carboxylic acid groups (broad SMARTS) is 1. The SMILES string of the molecule is CCOC(=O)CS(=O)(=O)NC(CC(=O)O)C1CC1. The van der Waals surface area contributed by atoms with Gasteiger partial charge in [-0.3, -0.25) is 9.59 Å². The average Bonchev–Trinajstić information content (AvgIpc) is 2.96. The Balaban J connectivity index is 2.56. The largest absolute Gasteiger partial charge is 0.481 e. The fraction of sp³-hybridized carbons (Fsp3) is 0.800. The number of carboxylic acids is 1. The summed E-state index contributed by atoms with van der Waals surface area (Å²) in [6.07, 6.45) is 1.34. The Bertz CT molecular complexity index is 414. The molecule has 1 saturated carbocycles. The van der Waals surface area contributed by atoms with E-state index in [1.807, 2.05) is 0 Å². The van der Waals surface area contributed by atoms with Crippen molar-refractivity contribution in [3.05, 3.63) is 0 Å². The third-order valence-electron chi connectivity index (χ3n) is 2.53. The van der Waals surface area contributed by atoms with Crippen molar-refractivity contribution in [2.75, 3.05) is 12.4 Å². The lowest BCUT2D eigenvalue weighted by molar-refractivity contribution is -0.140. The van der Waals surface area contributed by atoms with Crippen molar-refractivity contribution in [1.29, 1.82) is 0 Å². The van der Waals surface area contributed by atoms with Gasteiger partial charge in [-0.15, -0.1) is 0 Å². The summed E-state index contributed by atoms with van der Waals surface area (Å²) in [4.78, 5) is 21.7. The molecule has 1 rings (SSSR count). The van der Waals surface area contributed by atoms with Crippen molar-refractivity contribution in [3.8, 4) is 0 Å². The van der Waals surface area contributed by atoms with Crippen LogP contribution in [0.1, 0.15) is 26.2 Å². The molecule has 0 radical (unpaired) electrons. The number of carbonyl (C=O) groups excluding carboxylic acids is 1. The van der Waals surface area contributed by atoms with Gasteiger partial charge in [0.1, 0.15) is 0 Å². The number of rotatable bonds is 8. The van der Waals surface area contributed by atoms with Crippen molar-refractivity contribution in [1.82, 2.24) is 4.72 Å². The van der Waals surface area contributed by atoms with E-state index in [-0.39, 0.29) is 18.9 Å². The minimum atomic E-state index is -3.84. The van der Waals surface area contributed by atoms with Gasteiger partial charge in [0.25, 0.3) is 0 Å². The molecule has 2 N–H and O–H groups in total. The maximum Gasteiger partial charge on any atom is 0.322 e. The molecule has 1 fully saturated rings. The number of hydrogen-bond acceptors (Lipinski definition) is 5. The molecule has 0 aliphatic heterocycles. The van der Waals surface area contributed by atoms with Crippen LogP contribution < -0.4 is 4.72 Å². The highest BCUT2D eigenvalue weighted by Crippen LogP contribution is 2.34. The van der Waals surface area contributed by atoms with E-state index < -0.39 is 33.8 Å². The van der Waals surface area contributed by atoms with Crippen LogP contribution in [0.3, 0.4) is 0 Å². The average molecular weight is 279 g/mol. The summed E-state index contributed by atoms with van der Waals surface area (Å²) in [5, 5.41) is 8.70. The number of esters is 1. The van der Waals surface area contributed by atoms with Gasteiger partial charge in [0.2, 0.25) is 10.0 Å². The number of nitrogens with one attached hydrogen (secondary N) is 1. The quantitative estimate of drug-likeness (QED) is 0.591. The van der Waals surface area contributed by atoms with E-state index in [1.165, 1.54) is 0 Å². The van der Waals surface area contributed by atoms with Crippen molar-refractivity contribution in [3.63, 3.8) is 0 Å². The van der Waals surface area contributed by atoms with Crippen LogP contribution in [0.25, 0.3) is 0 Å². The zero-order chi connectivity index (χ0) is 13.8. The molecule has 0 aromatic rings. The molecule has 7 nitrogen and oxygen atoms in total. The van der Waals surface area contributed by atoms with E-state index in [1.54, 1.807) is 6.92 Å². The van der Waals surface area contributed by atoms with Crippen LogP contribution in [0.4, 0.5) is 0 Å². The molecule has 0 aromatic heterocycles. The molecule has 1 atom stereocenters. The second-order valence-corrected chi connectivity index (χ2v) is 5.98. The summed E-state index contributed by atoms with van der Waals surface area (Å²) in [6.45, 7) is 1.69. The molecule has 104 valence electrons. The minimum absolute atomic E-state index is 0.0538. The third kappa shape index (κ3) is 5.46. The van der Waals surface area contributed by atoms with E-state index >= 15 is 0 Å². The number of aliphatic carboxylic acids is 1. The van der Waals surface area contributed by atoms with Crippen LogP contribution in [-0.4, -0.2) is 43.9 Å². The highest BCUT2D eigenvalue weighted by molar-refractivity contribution is 7.90. The highest BCUT2D eigenvalue weighted by atomic mass is 32.2. The maximum atomic E-state index is 11.6. The van der Waals surface area contributed by atoms with Gasteiger partial charge in [-0.05, 0) is 25.7 Å². The van der Waals surface area contributed by atoms with Crippen LogP contribution >= 0.6 is 0 Å². The van der Waals surface area contributed by atoms with Gasteiger partial charge in [0.05, 0.1) is 13.0 Å². The second-order valence-electron chi connectivity index (χ2n) is 4.22. The zero-order valence-electron chi connectivity index (χ0n) is 10.1. The van der Waals surface area contributed by atoms with Crippen molar-refractivity contribution >= 4 is 22.0 Å². The Kier molecular flexibility index (Phi) is 5.09. The summed E-state index contributed by atoms with van der Waals surface area (Å²) >= 11 is 0. The van der Waals surface area contributed by atoms with Crippen LogP contribution in [0.5, 0.6) is 0 Å². The monoisotopic (exact) mass is 279 g/mol.